The van der Waals surface area contributed by atoms with Crippen molar-refractivity contribution in [2.75, 3.05) is 13.1 Å². The molecule has 2 N–H and O–H groups in total. The molecule has 0 saturated heterocycles. The summed E-state index contributed by atoms with van der Waals surface area (Å²) in [5, 5.41) is 12.3. The van der Waals surface area contributed by atoms with E-state index in [2.05, 4.69) is 25.1 Å². The zero-order chi connectivity index (χ0) is 12.9. The highest BCUT2D eigenvalue weighted by atomic mass is 16.4. The lowest BCUT2D eigenvalue weighted by atomic mass is 9.64. The maximum absolute atomic E-state index is 11.1. The van der Waals surface area contributed by atoms with E-state index < -0.39 is 5.97 Å². The van der Waals surface area contributed by atoms with Crippen LogP contribution in [0.1, 0.15) is 39.5 Å². The molecule has 0 aromatic heterocycles. The number of carboxylic acid groups (broad SMARTS) is 1. The van der Waals surface area contributed by atoms with Gasteiger partial charge in [0.2, 0.25) is 0 Å². The quantitative estimate of drug-likeness (QED) is 0.569. The summed E-state index contributed by atoms with van der Waals surface area (Å²) >= 11 is 0. The first-order valence-corrected chi connectivity index (χ1v) is 6.33. The summed E-state index contributed by atoms with van der Waals surface area (Å²) in [4.78, 5) is 11.1. The van der Waals surface area contributed by atoms with Gasteiger partial charge in [0.05, 0.1) is 13.0 Å². The molecule has 1 unspecified atom stereocenters. The van der Waals surface area contributed by atoms with Crippen molar-refractivity contribution in [2.45, 2.75) is 39.5 Å². The second kappa shape index (κ2) is 6.07. The normalized spacial score (nSPS) is 33.0. The molecule has 0 amide bonds. The molecule has 0 radical (unpaired) electrons. The zero-order valence-corrected chi connectivity index (χ0v) is 10.8. The first-order valence-electron chi connectivity index (χ1n) is 6.33. The maximum Gasteiger partial charge on any atom is 0.303 e. The second-order valence-electron chi connectivity index (χ2n) is 5.73. The Morgan fingerprint density at radius 1 is 1.47 bits per heavy atom. The third kappa shape index (κ3) is 4.40. The van der Waals surface area contributed by atoms with Gasteiger partial charge in [-0.15, -0.1) is 6.42 Å². The van der Waals surface area contributed by atoms with Crippen LogP contribution in [0.5, 0.6) is 0 Å². The Morgan fingerprint density at radius 3 is 2.53 bits per heavy atom. The number of nitrogens with one attached hydrogen (secondary N) is 1. The first-order chi connectivity index (χ1) is 7.97. The Balaban J connectivity index is 2.70. The molecule has 3 nitrogen and oxygen atoms in total. The lowest BCUT2D eigenvalue weighted by Gasteiger charge is -2.42. The molecule has 1 fully saturated rings. The standard InChI is InChI=1S/C14H23NO2/c1-4-5-15-10-14(9-13(16)17)7-11(2)6-12(3)8-14/h1,11-12,15H,5-10H2,2-3H3,(H,16,17)/t11-,12+,14?. The van der Waals surface area contributed by atoms with E-state index in [1.807, 2.05) is 0 Å². The minimum atomic E-state index is -0.700. The van der Waals surface area contributed by atoms with Crippen LogP contribution in [0.3, 0.4) is 0 Å². The largest absolute Gasteiger partial charge is 0.481 e. The Kier molecular flexibility index (Phi) is 5.02. The van der Waals surface area contributed by atoms with Gasteiger partial charge in [-0.1, -0.05) is 19.8 Å². The fourth-order valence-corrected chi connectivity index (χ4v) is 3.49. The molecule has 17 heavy (non-hydrogen) atoms. The molecule has 1 aliphatic rings. The van der Waals surface area contributed by atoms with Gasteiger partial charge in [-0.2, -0.15) is 0 Å². The van der Waals surface area contributed by atoms with Crippen LogP contribution in [0.4, 0.5) is 0 Å². The number of hydrogen-bond acceptors (Lipinski definition) is 2. The van der Waals surface area contributed by atoms with Crippen molar-refractivity contribution in [1.29, 1.82) is 0 Å². The maximum atomic E-state index is 11.1. The molecule has 96 valence electrons. The van der Waals surface area contributed by atoms with E-state index in [9.17, 15) is 4.79 Å². The third-order valence-corrected chi connectivity index (χ3v) is 3.62. The molecule has 1 rings (SSSR count). The number of carboxylic acids is 1. The average Bonchev–Trinajstić information content (AvgIpc) is 2.14. The van der Waals surface area contributed by atoms with Crippen LogP contribution in [0.25, 0.3) is 0 Å². The Hall–Kier alpha value is -1.01. The first kappa shape index (κ1) is 14.1. The number of terminal acetylenes is 1. The summed E-state index contributed by atoms with van der Waals surface area (Å²) in [7, 11) is 0. The van der Waals surface area contributed by atoms with E-state index in [1.54, 1.807) is 0 Å². The van der Waals surface area contributed by atoms with E-state index in [0.29, 0.717) is 18.4 Å². The predicted octanol–water partition coefficient (Wildman–Crippen LogP) is 2.13. The lowest BCUT2D eigenvalue weighted by molar-refractivity contribution is -0.140. The molecule has 0 aromatic carbocycles. The van der Waals surface area contributed by atoms with E-state index in [0.717, 1.165) is 19.4 Å². The van der Waals surface area contributed by atoms with Crippen LogP contribution in [0.2, 0.25) is 0 Å². The van der Waals surface area contributed by atoms with Gasteiger partial charge in [-0.25, -0.2) is 0 Å². The lowest BCUT2D eigenvalue weighted by Crippen LogP contribution is -2.42. The van der Waals surface area contributed by atoms with Gasteiger partial charge in [-0.05, 0) is 36.5 Å². The molecular formula is C14H23NO2. The fourth-order valence-electron chi connectivity index (χ4n) is 3.49. The van der Waals surface area contributed by atoms with Crippen LogP contribution in [-0.2, 0) is 4.79 Å². The number of carbonyl (C=O) groups is 1. The summed E-state index contributed by atoms with van der Waals surface area (Å²) in [6, 6.07) is 0. The monoisotopic (exact) mass is 237 g/mol. The van der Waals surface area contributed by atoms with Crippen molar-refractivity contribution in [3.63, 3.8) is 0 Å². The minimum absolute atomic E-state index is 0.111. The average molecular weight is 237 g/mol. The summed E-state index contributed by atoms with van der Waals surface area (Å²) in [6.07, 6.45) is 8.64. The van der Waals surface area contributed by atoms with Crippen LogP contribution >= 0.6 is 0 Å². The molecule has 1 aliphatic carbocycles. The van der Waals surface area contributed by atoms with Gasteiger partial charge < -0.3 is 10.4 Å². The number of rotatable bonds is 5. The fraction of sp³-hybridized carbons (Fsp3) is 0.786. The predicted molar refractivity (Wildman–Crippen MR) is 68.6 cm³/mol. The molecule has 0 aromatic rings. The van der Waals surface area contributed by atoms with Gasteiger partial charge in [-0.3, -0.25) is 4.79 Å². The molecule has 3 atom stereocenters. The highest BCUT2D eigenvalue weighted by Crippen LogP contribution is 2.44. The van der Waals surface area contributed by atoms with Gasteiger partial charge >= 0.3 is 5.97 Å². The highest BCUT2D eigenvalue weighted by Gasteiger charge is 2.39. The van der Waals surface area contributed by atoms with Crippen molar-refractivity contribution < 1.29 is 9.90 Å². The topological polar surface area (TPSA) is 49.3 Å². The summed E-state index contributed by atoms with van der Waals surface area (Å²) in [6.45, 7) is 5.67. The van der Waals surface area contributed by atoms with Crippen molar-refractivity contribution in [3.8, 4) is 12.3 Å². The zero-order valence-electron chi connectivity index (χ0n) is 10.8. The van der Waals surface area contributed by atoms with Gasteiger partial charge in [0, 0.05) is 6.54 Å². The van der Waals surface area contributed by atoms with Crippen LogP contribution < -0.4 is 5.32 Å². The van der Waals surface area contributed by atoms with Gasteiger partial charge in [0.15, 0.2) is 0 Å². The van der Waals surface area contributed by atoms with Gasteiger partial charge in [0.25, 0.3) is 0 Å². The molecule has 3 heteroatoms. The van der Waals surface area contributed by atoms with Crippen molar-refractivity contribution in [1.82, 2.24) is 5.32 Å². The third-order valence-electron chi connectivity index (χ3n) is 3.62. The number of aliphatic carboxylic acids is 1. The molecular weight excluding hydrogens is 214 g/mol. The smallest absolute Gasteiger partial charge is 0.303 e. The molecule has 0 bridgehead atoms. The highest BCUT2D eigenvalue weighted by molar-refractivity contribution is 5.67. The Morgan fingerprint density at radius 2 is 2.06 bits per heavy atom. The van der Waals surface area contributed by atoms with Crippen LogP contribution in [0.15, 0.2) is 0 Å². The Labute approximate surface area is 104 Å². The molecule has 1 saturated carbocycles. The van der Waals surface area contributed by atoms with E-state index in [1.165, 1.54) is 6.42 Å². The SMILES string of the molecule is C#CCNCC1(CC(=O)O)C[C@H](C)C[C@H](C)C1. The summed E-state index contributed by atoms with van der Waals surface area (Å²) in [5.74, 6) is 3.05. The van der Waals surface area contributed by atoms with Gasteiger partial charge in [0.1, 0.15) is 0 Å². The van der Waals surface area contributed by atoms with Crippen molar-refractivity contribution in [3.05, 3.63) is 0 Å². The number of hydrogen-bond donors (Lipinski definition) is 2. The Bertz CT molecular complexity index is 296. The summed E-state index contributed by atoms with van der Waals surface area (Å²) < 4.78 is 0. The molecule has 0 heterocycles. The van der Waals surface area contributed by atoms with Crippen molar-refractivity contribution >= 4 is 5.97 Å². The second-order valence-corrected chi connectivity index (χ2v) is 5.73. The summed E-state index contributed by atoms with van der Waals surface area (Å²) in [5.41, 5.74) is -0.111. The van der Waals surface area contributed by atoms with Crippen molar-refractivity contribution in [2.24, 2.45) is 17.3 Å². The van der Waals surface area contributed by atoms with Crippen LogP contribution in [-0.4, -0.2) is 24.2 Å². The molecule has 0 aliphatic heterocycles. The minimum Gasteiger partial charge on any atom is -0.481 e. The van der Waals surface area contributed by atoms with E-state index in [-0.39, 0.29) is 11.8 Å². The van der Waals surface area contributed by atoms with E-state index in [4.69, 9.17) is 11.5 Å². The van der Waals surface area contributed by atoms with E-state index >= 15 is 0 Å². The molecule has 0 spiro atoms. The van der Waals surface area contributed by atoms with Crippen LogP contribution in [0, 0.1) is 29.6 Å².